The fourth-order valence-corrected chi connectivity index (χ4v) is 1.53. The van der Waals surface area contributed by atoms with Gasteiger partial charge in [0, 0.05) is 17.8 Å². The summed E-state index contributed by atoms with van der Waals surface area (Å²) in [5.74, 6) is 1.78. The van der Waals surface area contributed by atoms with Crippen LogP contribution in [0.15, 0.2) is 12.3 Å². The molecular weight excluding hydrogens is 198 g/mol. The molecule has 76 valence electrons. The Kier molecular flexibility index (Phi) is 2.92. The Morgan fingerprint density at radius 1 is 1.57 bits per heavy atom. The van der Waals surface area contributed by atoms with Crippen molar-refractivity contribution < 1.29 is 4.74 Å². The van der Waals surface area contributed by atoms with Gasteiger partial charge in [0.15, 0.2) is 0 Å². The first-order valence-electron chi connectivity index (χ1n) is 5.00. The van der Waals surface area contributed by atoms with Crippen molar-refractivity contribution in [2.45, 2.75) is 26.2 Å². The summed E-state index contributed by atoms with van der Waals surface area (Å²) >= 11 is 5.78. The van der Waals surface area contributed by atoms with Crippen molar-refractivity contribution >= 4 is 11.6 Å². The molecule has 0 amide bonds. The number of halogens is 1. The lowest BCUT2D eigenvalue weighted by molar-refractivity contribution is 0.300. The first kappa shape index (κ1) is 9.78. The van der Waals surface area contributed by atoms with Crippen molar-refractivity contribution in [1.82, 2.24) is 4.98 Å². The quantitative estimate of drug-likeness (QED) is 0.714. The smallest absolute Gasteiger partial charge is 0.132 e. The Balaban J connectivity index is 1.89. The minimum Gasteiger partial charge on any atom is -0.493 e. The van der Waals surface area contributed by atoms with Crippen molar-refractivity contribution in [2.24, 2.45) is 5.92 Å². The van der Waals surface area contributed by atoms with Gasteiger partial charge in [0.05, 0.1) is 6.61 Å². The molecule has 1 heterocycles. The van der Waals surface area contributed by atoms with Crippen LogP contribution in [-0.4, -0.2) is 11.6 Å². The number of rotatable bonds is 4. The van der Waals surface area contributed by atoms with Crippen LogP contribution in [0.3, 0.4) is 0 Å². The fourth-order valence-electron chi connectivity index (χ4n) is 1.38. The molecule has 0 radical (unpaired) electrons. The van der Waals surface area contributed by atoms with Crippen LogP contribution in [0.2, 0.25) is 5.15 Å². The summed E-state index contributed by atoms with van der Waals surface area (Å²) in [6, 6.07) is 1.78. The molecule has 2 nitrogen and oxygen atoms in total. The van der Waals surface area contributed by atoms with Crippen LogP contribution < -0.4 is 4.74 Å². The molecule has 0 bridgehead atoms. The van der Waals surface area contributed by atoms with E-state index in [4.69, 9.17) is 16.3 Å². The first-order valence-corrected chi connectivity index (χ1v) is 5.38. The molecule has 14 heavy (non-hydrogen) atoms. The van der Waals surface area contributed by atoms with Gasteiger partial charge in [0.2, 0.25) is 0 Å². The van der Waals surface area contributed by atoms with E-state index < -0.39 is 0 Å². The number of ether oxygens (including phenoxy) is 1. The third-order valence-corrected chi connectivity index (χ3v) is 2.71. The SMILES string of the molecule is Cc1cnc(Cl)cc1OCCC1CC1. The molecule has 1 aromatic rings. The number of hydrogen-bond acceptors (Lipinski definition) is 2. The zero-order valence-electron chi connectivity index (χ0n) is 8.29. The summed E-state index contributed by atoms with van der Waals surface area (Å²) in [7, 11) is 0. The van der Waals surface area contributed by atoms with Gasteiger partial charge in [-0.3, -0.25) is 0 Å². The summed E-state index contributed by atoms with van der Waals surface area (Å²) in [6.45, 7) is 2.78. The van der Waals surface area contributed by atoms with Crippen LogP contribution >= 0.6 is 11.6 Å². The molecule has 0 spiro atoms. The van der Waals surface area contributed by atoms with Gasteiger partial charge in [-0.15, -0.1) is 0 Å². The molecule has 3 heteroatoms. The van der Waals surface area contributed by atoms with Gasteiger partial charge in [-0.25, -0.2) is 4.98 Å². The summed E-state index contributed by atoms with van der Waals surface area (Å²) in [5, 5.41) is 0.497. The third kappa shape index (κ3) is 2.61. The van der Waals surface area contributed by atoms with Crippen molar-refractivity contribution in [2.75, 3.05) is 6.61 Å². The zero-order valence-corrected chi connectivity index (χ0v) is 9.05. The minimum atomic E-state index is 0.497. The molecule has 0 aromatic carbocycles. The van der Waals surface area contributed by atoms with E-state index in [0.717, 1.165) is 23.8 Å². The predicted molar refractivity (Wildman–Crippen MR) is 56.8 cm³/mol. The average molecular weight is 212 g/mol. The van der Waals surface area contributed by atoms with Gasteiger partial charge in [0.25, 0.3) is 0 Å². The van der Waals surface area contributed by atoms with Gasteiger partial charge < -0.3 is 4.74 Å². The maximum atomic E-state index is 5.78. The molecule has 1 aromatic heterocycles. The van der Waals surface area contributed by atoms with Gasteiger partial charge in [-0.05, 0) is 19.3 Å². The van der Waals surface area contributed by atoms with Crippen LogP contribution in [0.4, 0.5) is 0 Å². The highest BCUT2D eigenvalue weighted by atomic mass is 35.5. The molecule has 1 fully saturated rings. The lowest BCUT2D eigenvalue weighted by Crippen LogP contribution is -2.00. The lowest BCUT2D eigenvalue weighted by Gasteiger charge is -2.08. The van der Waals surface area contributed by atoms with Crippen LogP contribution in [0, 0.1) is 12.8 Å². The van der Waals surface area contributed by atoms with E-state index in [0.29, 0.717) is 5.15 Å². The number of aromatic nitrogens is 1. The highest BCUT2D eigenvalue weighted by Crippen LogP contribution is 2.32. The number of hydrogen-bond donors (Lipinski definition) is 0. The van der Waals surface area contributed by atoms with Crippen LogP contribution in [0.5, 0.6) is 5.75 Å². The Bertz CT molecular complexity index is 323. The maximum Gasteiger partial charge on any atom is 0.132 e. The average Bonchev–Trinajstić information content (AvgIpc) is 2.95. The van der Waals surface area contributed by atoms with E-state index in [9.17, 15) is 0 Å². The van der Waals surface area contributed by atoms with Crippen molar-refractivity contribution in [3.8, 4) is 5.75 Å². The molecule has 1 saturated carbocycles. The molecular formula is C11H14ClNO. The molecule has 0 saturated heterocycles. The van der Waals surface area contributed by atoms with Crippen molar-refractivity contribution in [1.29, 1.82) is 0 Å². The summed E-state index contributed by atoms with van der Waals surface area (Å²) in [6.07, 6.45) is 5.66. The summed E-state index contributed by atoms with van der Waals surface area (Å²) < 4.78 is 5.64. The normalized spacial score (nSPS) is 15.6. The monoisotopic (exact) mass is 211 g/mol. The maximum absolute atomic E-state index is 5.78. The van der Waals surface area contributed by atoms with E-state index in [1.165, 1.54) is 19.3 Å². The van der Waals surface area contributed by atoms with Crippen LogP contribution in [-0.2, 0) is 0 Å². The second-order valence-electron chi connectivity index (χ2n) is 3.85. The fraction of sp³-hybridized carbons (Fsp3) is 0.545. The van der Waals surface area contributed by atoms with Gasteiger partial charge in [0.1, 0.15) is 10.9 Å². The third-order valence-electron chi connectivity index (χ3n) is 2.50. The highest BCUT2D eigenvalue weighted by molar-refractivity contribution is 6.29. The molecule has 0 unspecified atom stereocenters. The van der Waals surface area contributed by atoms with E-state index in [1.54, 1.807) is 12.3 Å². The van der Waals surface area contributed by atoms with Crippen molar-refractivity contribution in [3.05, 3.63) is 23.0 Å². The molecule has 0 aliphatic heterocycles. The number of nitrogens with zero attached hydrogens (tertiary/aromatic N) is 1. The van der Waals surface area contributed by atoms with Crippen molar-refractivity contribution in [3.63, 3.8) is 0 Å². The van der Waals surface area contributed by atoms with Gasteiger partial charge in [-0.1, -0.05) is 24.4 Å². The molecule has 0 N–H and O–H groups in total. The Morgan fingerprint density at radius 2 is 2.36 bits per heavy atom. The van der Waals surface area contributed by atoms with Gasteiger partial charge >= 0.3 is 0 Å². The predicted octanol–water partition coefficient (Wildman–Crippen LogP) is 3.22. The summed E-state index contributed by atoms with van der Waals surface area (Å²) in [4.78, 5) is 3.98. The second kappa shape index (κ2) is 4.18. The lowest BCUT2D eigenvalue weighted by atomic mass is 10.3. The number of pyridine rings is 1. The molecule has 0 atom stereocenters. The summed E-state index contributed by atoms with van der Waals surface area (Å²) in [5.41, 5.74) is 1.05. The van der Waals surface area contributed by atoms with Crippen LogP contribution in [0.1, 0.15) is 24.8 Å². The topological polar surface area (TPSA) is 22.1 Å². The Labute approximate surface area is 89.3 Å². The second-order valence-corrected chi connectivity index (χ2v) is 4.24. The van der Waals surface area contributed by atoms with E-state index in [1.807, 2.05) is 6.92 Å². The molecule has 1 aliphatic rings. The standard InChI is InChI=1S/C11H14ClNO/c1-8-7-13-11(12)6-10(8)14-5-4-9-2-3-9/h6-7,9H,2-5H2,1H3. The highest BCUT2D eigenvalue weighted by Gasteiger charge is 2.20. The minimum absolute atomic E-state index is 0.497. The molecule has 2 rings (SSSR count). The molecule has 1 aliphatic carbocycles. The van der Waals surface area contributed by atoms with E-state index in [-0.39, 0.29) is 0 Å². The van der Waals surface area contributed by atoms with Gasteiger partial charge in [-0.2, -0.15) is 0 Å². The zero-order chi connectivity index (χ0) is 9.97. The Morgan fingerprint density at radius 3 is 3.07 bits per heavy atom. The largest absolute Gasteiger partial charge is 0.493 e. The first-order chi connectivity index (χ1) is 6.75. The van der Waals surface area contributed by atoms with E-state index in [2.05, 4.69) is 4.98 Å². The van der Waals surface area contributed by atoms with E-state index >= 15 is 0 Å². The van der Waals surface area contributed by atoms with Crippen LogP contribution in [0.25, 0.3) is 0 Å². The number of aryl methyl sites for hydroxylation is 1. The Hall–Kier alpha value is -0.760.